The molecule has 0 heterocycles. The van der Waals surface area contributed by atoms with E-state index < -0.39 is 6.43 Å². The molecule has 0 unspecified atom stereocenters. The van der Waals surface area contributed by atoms with Gasteiger partial charge in [0, 0.05) is 12.1 Å². The number of benzene rings is 1. The molecule has 0 aliphatic heterocycles. The van der Waals surface area contributed by atoms with Gasteiger partial charge in [0.25, 0.3) is 0 Å². The van der Waals surface area contributed by atoms with Gasteiger partial charge in [-0.25, -0.2) is 13.2 Å². The molecule has 0 aliphatic rings. The predicted molar refractivity (Wildman–Crippen MR) is 46.0 cm³/mol. The van der Waals surface area contributed by atoms with Crippen LogP contribution in [0.2, 0.25) is 0 Å². The van der Waals surface area contributed by atoms with Crippen LogP contribution in [0.3, 0.4) is 0 Å². The summed E-state index contributed by atoms with van der Waals surface area (Å²) in [4.78, 5) is 0. The van der Waals surface area contributed by atoms with Gasteiger partial charge in [-0.05, 0) is 13.0 Å². The van der Waals surface area contributed by atoms with Gasteiger partial charge in [-0.2, -0.15) is 0 Å². The lowest BCUT2D eigenvalue weighted by molar-refractivity contribution is 0.171. The fraction of sp³-hybridized carbons (Fsp3) is 0.333. The molecular formula is C9H12F3N. The Kier molecular flexibility index (Phi) is 5.97. The summed E-state index contributed by atoms with van der Waals surface area (Å²) in [6.07, 6.45) is -2.17. The minimum absolute atomic E-state index is 0.222. The van der Waals surface area contributed by atoms with Gasteiger partial charge in [0.1, 0.15) is 5.82 Å². The van der Waals surface area contributed by atoms with E-state index in [-0.39, 0.29) is 12.4 Å². The van der Waals surface area contributed by atoms with Gasteiger partial charge in [0.15, 0.2) is 0 Å². The second-order valence-corrected chi connectivity index (χ2v) is 2.31. The van der Waals surface area contributed by atoms with Crippen molar-refractivity contribution in [3.05, 3.63) is 35.6 Å². The fourth-order valence-electron chi connectivity index (χ4n) is 0.664. The highest BCUT2D eigenvalue weighted by Gasteiger charge is 1.94. The normalized spacial score (nSPS) is 9.38. The van der Waals surface area contributed by atoms with E-state index in [0.717, 1.165) is 6.92 Å². The van der Waals surface area contributed by atoms with Crippen molar-refractivity contribution in [2.75, 3.05) is 0 Å². The largest absolute Gasteiger partial charge is 0.326 e. The van der Waals surface area contributed by atoms with Gasteiger partial charge in [0.2, 0.25) is 6.43 Å². The zero-order chi connectivity index (χ0) is 10.3. The van der Waals surface area contributed by atoms with Crippen LogP contribution >= 0.6 is 0 Å². The van der Waals surface area contributed by atoms with Crippen LogP contribution in [0.15, 0.2) is 24.3 Å². The maximum atomic E-state index is 12.5. The summed E-state index contributed by atoms with van der Waals surface area (Å²) >= 11 is 0. The van der Waals surface area contributed by atoms with E-state index in [4.69, 9.17) is 5.73 Å². The first-order valence-corrected chi connectivity index (χ1v) is 3.79. The third-order valence-electron chi connectivity index (χ3n) is 1.18. The molecule has 0 aromatic heterocycles. The molecule has 0 radical (unpaired) electrons. The zero-order valence-electron chi connectivity index (χ0n) is 7.31. The second kappa shape index (κ2) is 6.48. The first-order chi connectivity index (χ1) is 6.07. The van der Waals surface area contributed by atoms with Crippen LogP contribution in [0.5, 0.6) is 0 Å². The predicted octanol–water partition coefficient (Wildman–Crippen LogP) is 2.56. The first kappa shape index (κ1) is 12.0. The monoisotopic (exact) mass is 191 g/mol. The molecule has 1 nitrogen and oxygen atoms in total. The number of rotatable bonds is 1. The van der Waals surface area contributed by atoms with Crippen LogP contribution in [0.1, 0.15) is 12.5 Å². The quantitative estimate of drug-likeness (QED) is 0.725. The van der Waals surface area contributed by atoms with E-state index in [1.54, 1.807) is 18.2 Å². The molecule has 74 valence electrons. The molecule has 0 bridgehead atoms. The number of hydrogen-bond donors (Lipinski definition) is 1. The maximum Gasteiger partial charge on any atom is 0.235 e. The SMILES string of the molecule is CC(F)F.NCc1ccccc1F. The van der Waals surface area contributed by atoms with Crippen LogP contribution in [-0.4, -0.2) is 6.43 Å². The summed E-state index contributed by atoms with van der Waals surface area (Å²) in [6.45, 7) is 1.10. The molecule has 1 aromatic carbocycles. The molecule has 1 rings (SSSR count). The number of alkyl halides is 2. The van der Waals surface area contributed by atoms with Crippen molar-refractivity contribution >= 4 is 0 Å². The lowest BCUT2D eigenvalue weighted by Crippen LogP contribution is -1.98. The van der Waals surface area contributed by atoms with Crippen molar-refractivity contribution in [1.29, 1.82) is 0 Å². The second-order valence-electron chi connectivity index (χ2n) is 2.31. The van der Waals surface area contributed by atoms with Gasteiger partial charge >= 0.3 is 0 Å². The van der Waals surface area contributed by atoms with Crippen LogP contribution in [0.4, 0.5) is 13.2 Å². The van der Waals surface area contributed by atoms with Gasteiger partial charge in [-0.15, -0.1) is 0 Å². The molecule has 4 heteroatoms. The standard InChI is InChI=1S/C7H8FN.C2H4F2/c8-7-4-2-1-3-6(7)5-9;1-2(3)4/h1-4H,5,9H2;2H,1H3. The van der Waals surface area contributed by atoms with Gasteiger partial charge in [-0.3, -0.25) is 0 Å². The molecule has 0 saturated carbocycles. The van der Waals surface area contributed by atoms with Crippen molar-refractivity contribution in [3.63, 3.8) is 0 Å². The minimum Gasteiger partial charge on any atom is -0.326 e. The number of halogens is 3. The zero-order valence-corrected chi connectivity index (χ0v) is 7.31. The van der Waals surface area contributed by atoms with Crippen molar-refractivity contribution in [2.45, 2.75) is 19.9 Å². The van der Waals surface area contributed by atoms with E-state index in [0.29, 0.717) is 5.56 Å². The van der Waals surface area contributed by atoms with E-state index in [2.05, 4.69) is 0 Å². The first-order valence-electron chi connectivity index (χ1n) is 3.79. The van der Waals surface area contributed by atoms with E-state index >= 15 is 0 Å². The maximum absolute atomic E-state index is 12.5. The smallest absolute Gasteiger partial charge is 0.235 e. The van der Waals surface area contributed by atoms with Crippen LogP contribution in [0.25, 0.3) is 0 Å². The Morgan fingerprint density at radius 3 is 2.08 bits per heavy atom. The van der Waals surface area contributed by atoms with Crippen LogP contribution in [-0.2, 0) is 6.54 Å². The fourth-order valence-corrected chi connectivity index (χ4v) is 0.664. The van der Waals surface area contributed by atoms with E-state index in [9.17, 15) is 13.2 Å². The Hall–Kier alpha value is -1.03. The summed E-state index contributed by atoms with van der Waals surface area (Å²) < 4.78 is 33.2. The average Bonchev–Trinajstić information content (AvgIpc) is 2.04. The molecule has 0 saturated heterocycles. The molecule has 0 fully saturated rings. The molecule has 2 N–H and O–H groups in total. The van der Waals surface area contributed by atoms with Gasteiger partial charge in [-0.1, -0.05) is 18.2 Å². The molecule has 1 aromatic rings. The molecule has 0 atom stereocenters. The minimum atomic E-state index is -2.17. The Labute approximate surface area is 75.4 Å². The molecular weight excluding hydrogens is 179 g/mol. The van der Waals surface area contributed by atoms with Crippen molar-refractivity contribution < 1.29 is 13.2 Å². The summed E-state index contributed by atoms with van der Waals surface area (Å²) in [6, 6.07) is 6.50. The van der Waals surface area contributed by atoms with Gasteiger partial charge in [0.05, 0.1) is 0 Å². The molecule has 13 heavy (non-hydrogen) atoms. The Bertz CT molecular complexity index is 235. The number of nitrogens with two attached hydrogens (primary N) is 1. The lowest BCUT2D eigenvalue weighted by Gasteiger charge is -1.94. The van der Waals surface area contributed by atoms with E-state index in [1.165, 1.54) is 6.07 Å². The third-order valence-corrected chi connectivity index (χ3v) is 1.18. The Balaban J connectivity index is 0.000000310. The van der Waals surface area contributed by atoms with E-state index in [1.807, 2.05) is 0 Å². The van der Waals surface area contributed by atoms with Crippen LogP contribution < -0.4 is 5.73 Å². The average molecular weight is 191 g/mol. The van der Waals surface area contributed by atoms with Crippen LogP contribution in [0, 0.1) is 5.82 Å². The van der Waals surface area contributed by atoms with Crippen molar-refractivity contribution in [3.8, 4) is 0 Å². The third kappa shape index (κ3) is 6.16. The van der Waals surface area contributed by atoms with Crippen molar-refractivity contribution in [2.24, 2.45) is 5.73 Å². The topological polar surface area (TPSA) is 26.0 Å². The van der Waals surface area contributed by atoms with Gasteiger partial charge < -0.3 is 5.73 Å². The summed E-state index contributed by atoms with van der Waals surface area (Å²) in [7, 11) is 0. The summed E-state index contributed by atoms with van der Waals surface area (Å²) in [5.74, 6) is -0.222. The molecule has 0 spiro atoms. The van der Waals surface area contributed by atoms with Crippen molar-refractivity contribution in [1.82, 2.24) is 0 Å². The molecule has 0 aliphatic carbocycles. The highest BCUT2D eigenvalue weighted by molar-refractivity contribution is 5.16. The highest BCUT2D eigenvalue weighted by atomic mass is 19.3. The number of hydrogen-bond acceptors (Lipinski definition) is 1. The lowest BCUT2D eigenvalue weighted by atomic mass is 10.2. The Morgan fingerprint density at radius 1 is 1.31 bits per heavy atom. The summed E-state index contributed by atoms with van der Waals surface area (Å²) in [5.41, 5.74) is 5.78. The highest BCUT2D eigenvalue weighted by Crippen LogP contribution is 2.03. The summed E-state index contributed by atoms with van der Waals surface area (Å²) in [5, 5.41) is 0. The molecule has 0 amide bonds. The Morgan fingerprint density at radius 2 is 1.77 bits per heavy atom.